The van der Waals surface area contributed by atoms with E-state index in [0.717, 1.165) is 80.9 Å². The molecule has 0 atom stereocenters. The molecule has 7 nitrogen and oxygen atoms in total. The van der Waals surface area contributed by atoms with Crippen LogP contribution in [0.5, 0.6) is 5.75 Å². The lowest BCUT2D eigenvalue weighted by Gasteiger charge is -2.27. The maximum atomic E-state index is 6.21. The molecule has 0 spiro atoms. The van der Waals surface area contributed by atoms with Crippen molar-refractivity contribution < 1.29 is 14.2 Å². The number of benzene rings is 1. The summed E-state index contributed by atoms with van der Waals surface area (Å²) in [5.74, 6) is 1.80. The number of ether oxygens (including phenoxy) is 3. The molecule has 144 valence electrons. The van der Waals surface area contributed by atoms with E-state index >= 15 is 0 Å². The first-order valence-electron chi connectivity index (χ1n) is 9.54. The van der Waals surface area contributed by atoms with Gasteiger partial charge >= 0.3 is 0 Å². The Hall–Kier alpha value is -2.38. The first kappa shape index (κ1) is 18.0. The van der Waals surface area contributed by atoms with E-state index in [0.29, 0.717) is 6.42 Å². The maximum absolute atomic E-state index is 6.21. The zero-order chi connectivity index (χ0) is 18.5. The molecule has 0 unspecified atom stereocenters. The molecule has 2 fully saturated rings. The molecule has 1 aromatic carbocycles. The third-order valence-corrected chi connectivity index (χ3v) is 5.00. The normalized spacial score (nSPS) is 18.4. The number of nitrogens with two attached hydrogens (primary N) is 1. The average molecular weight is 370 g/mol. The van der Waals surface area contributed by atoms with E-state index in [2.05, 4.69) is 14.9 Å². The van der Waals surface area contributed by atoms with E-state index in [1.807, 2.05) is 24.3 Å². The van der Waals surface area contributed by atoms with Crippen molar-refractivity contribution in [2.45, 2.75) is 25.4 Å². The summed E-state index contributed by atoms with van der Waals surface area (Å²) in [5, 5.41) is 0. The smallest absolute Gasteiger partial charge is 0.132 e. The van der Waals surface area contributed by atoms with Crippen molar-refractivity contribution >= 4 is 11.5 Å². The van der Waals surface area contributed by atoms with Crippen molar-refractivity contribution in [2.24, 2.45) is 0 Å². The van der Waals surface area contributed by atoms with Crippen LogP contribution in [0.4, 0.5) is 11.5 Å². The minimum atomic E-state index is 0.210. The summed E-state index contributed by atoms with van der Waals surface area (Å²) >= 11 is 0. The Labute approximate surface area is 159 Å². The molecule has 0 bridgehead atoms. The Balaban J connectivity index is 1.47. The standard InChI is InChI=1S/C20H26N4O3/c21-19-2-1-18(27-17-3-7-25-8-4-17)12-15(19)11-16-13-20(23-14-22-16)24-5-9-26-10-6-24/h1-2,12-14,17H,3-11,21H2. The Morgan fingerprint density at radius 1 is 1.04 bits per heavy atom. The van der Waals surface area contributed by atoms with E-state index in [1.54, 1.807) is 6.33 Å². The number of aromatic nitrogens is 2. The topological polar surface area (TPSA) is 82.7 Å². The third-order valence-electron chi connectivity index (χ3n) is 5.00. The number of rotatable bonds is 5. The minimum absolute atomic E-state index is 0.210. The molecule has 4 rings (SSSR count). The fraction of sp³-hybridized carbons (Fsp3) is 0.500. The first-order valence-corrected chi connectivity index (χ1v) is 9.54. The lowest BCUT2D eigenvalue weighted by molar-refractivity contribution is 0.0255. The predicted octanol–water partition coefficient (Wildman–Crippen LogP) is 2.04. The van der Waals surface area contributed by atoms with Crippen LogP contribution in [-0.2, 0) is 15.9 Å². The molecule has 2 N–H and O–H groups in total. The van der Waals surface area contributed by atoms with Crippen molar-refractivity contribution in [3.05, 3.63) is 41.9 Å². The summed E-state index contributed by atoms with van der Waals surface area (Å²) in [5.41, 5.74) is 8.92. The van der Waals surface area contributed by atoms with Gasteiger partial charge in [-0.25, -0.2) is 9.97 Å². The molecule has 0 aliphatic carbocycles. The average Bonchev–Trinajstić information content (AvgIpc) is 2.72. The second-order valence-corrected chi connectivity index (χ2v) is 6.93. The van der Waals surface area contributed by atoms with Gasteiger partial charge in [0.1, 0.15) is 24.0 Å². The Morgan fingerprint density at radius 3 is 2.63 bits per heavy atom. The van der Waals surface area contributed by atoms with E-state index < -0.39 is 0 Å². The van der Waals surface area contributed by atoms with Crippen LogP contribution in [0.15, 0.2) is 30.6 Å². The Morgan fingerprint density at radius 2 is 1.81 bits per heavy atom. The van der Waals surface area contributed by atoms with Gasteiger partial charge in [0.25, 0.3) is 0 Å². The summed E-state index contributed by atoms with van der Waals surface area (Å²) in [7, 11) is 0. The number of hydrogen-bond acceptors (Lipinski definition) is 7. The molecule has 2 aliphatic rings. The Kier molecular flexibility index (Phi) is 5.69. The molecule has 7 heteroatoms. The molecule has 0 amide bonds. The van der Waals surface area contributed by atoms with Crippen LogP contribution in [-0.4, -0.2) is 55.6 Å². The highest BCUT2D eigenvalue weighted by molar-refractivity contribution is 5.52. The zero-order valence-electron chi connectivity index (χ0n) is 15.5. The third kappa shape index (κ3) is 4.67. The summed E-state index contributed by atoms with van der Waals surface area (Å²) < 4.78 is 16.9. The summed E-state index contributed by atoms with van der Waals surface area (Å²) in [6.07, 6.45) is 4.33. The number of nitrogen functional groups attached to an aromatic ring is 1. The van der Waals surface area contributed by atoms with Crippen LogP contribution < -0.4 is 15.4 Å². The monoisotopic (exact) mass is 370 g/mol. The number of nitrogens with zero attached hydrogens (tertiary/aromatic N) is 3. The molecule has 2 aromatic rings. The van der Waals surface area contributed by atoms with Crippen LogP contribution in [0.3, 0.4) is 0 Å². The second-order valence-electron chi connectivity index (χ2n) is 6.93. The largest absolute Gasteiger partial charge is 0.490 e. The van der Waals surface area contributed by atoms with Gasteiger partial charge in [0, 0.05) is 44.1 Å². The van der Waals surface area contributed by atoms with Crippen LogP contribution >= 0.6 is 0 Å². The van der Waals surface area contributed by atoms with Crippen molar-refractivity contribution in [2.75, 3.05) is 50.2 Å². The molecular weight excluding hydrogens is 344 g/mol. The molecule has 2 aliphatic heterocycles. The fourth-order valence-corrected chi connectivity index (χ4v) is 3.44. The van der Waals surface area contributed by atoms with Crippen molar-refractivity contribution in [1.82, 2.24) is 9.97 Å². The SMILES string of the molecule is Nc1ccc(OC2CCOCC2)cc1Cc1cc(N2CCOCC2)ncn1. The lowest BCUT2D eigenvalue weighted by Crippen LogP contribution is -2.36. The van der Waals surface area contributed by atoms with Crippen LogP contribution in [0.2, 0.25) is 0 Å². The van der Waals surface area contributed by atoms with Crippen LogP contribution in [0.1, 0.15) is 24.1 Å². The molecule has 1 aromatic heterocycles. The van der Waals surface area contributed by atoms with Crippen molar-refractivity contribution in [3.63, 3.8) is 0 Å². The van der Waals surface area contributed by atoms with E-state index in [1.165, 1.54) is 0 Å². The van der Waals surface area contributed by atoms with E-state index in [-0.39, 0.29) is 6.10 Å². The van der Waals surface area contributed by atoms with Gasteiger partial charge in [0.2, 0.25) is 0 Å². The molecule has 3 heterocycles. The molecule has 0 saturated carbocycles. The van der Waals surface area contributed by atoms with Gasteiger partial charge in [-0.1, -0.05) is 0 Å². The molecule has 27 heavy (non-hydrogen) atoms. The molecular formula is C20H26N4O3. The van der Waals surface area contributed by atoms with Gasteiger partial charge in [-0.05, 0) is 23.8 Å². The van der Waals surface area contributed by atoms with Gasteiger partial charge in [-0.2, -0.15) is 0 Å². The highest BCUT2D eigenvalue weighted by Gasteiger charge is 2.17. The second kappa shape index (κ2) is 8.54. The van der Waals surface area contributed by atoms with Gasteiger partial charge in [0.15, 0.2) is 0 Å². The summed E-state index contributed by atoms with van der Waals surface area (Å²) in [4.78, 5) is 11.1. The number of hydrogen-bond donors (Lipinski definition) is 1. The van der Waals surface area contributed by atoms with Crippen molar-refractivity contribution in [1.29, 1.82) is 0 Å². The van der Waals surface area contributed by atoms with Crippen molar-refractivity contribution in [3.8, 4) is 5.75 Å². The minimum Gasteiger partial charge on any atom is -0.490 e. The summed E-state index contributed by atoms with van der Waals surface area (Å²) in [6, 6.07) is 7.92. The van der Waals surface area contributed by atoms with Gasteiger partial charge in [0.05, 0.1) is 32.1 Å². The molecule has 2 saturated heterocycles. The van der Waals surface area contributed by atoms with Gasteiger partial charge < -0.3 is 24.8 Å². The number of morpholine rings is 1. The van der Waals surface area contributed by atoms with Gasteiger partial charge in [-0.15, -0.1) is 0 Å². The zero-order valence-corrected chi connectivity index (χ0v) is 15.5. The lowest BCUT2D eigenvalue weighted by atomic mass is 10.1. The van der Waals surface area contributed by atoms with Crippen LogP contribution in [0.25, 0.3) is 0 Å². The fourth-order valence-electron chi connectivity index (χ4n) is 3.44. The quantitative estimate of drug-likeness (QED) is 0.807. The van der Waals surface area contributed by atoms with Crippen LogP contribution in [0, 0.1) is 0 Å². The van der Waals surface area contributed by atoms with E-state index in [9.17, 15) is 0 Å². The highest BCUT2D eigenvalue weighted by atomic mass is 16.5. The highest BCUT2D eigenvalue weighted by Crippen LogP contribution is 2.25. The number of anilines is 2. The molecule has 0 radical (unpaired) electrons. The maximum Gasteiger partial charge on any atom is 0.132 e. The first-order chi connectivity index (χ1) is 13.3. The summed E-state index contributed by atoms with van der Waals surface area (Å²) in [6.45, 7) is 4.70. The Bertz CT molecular complexity index is 759. The van der Waals surface area contributed by atoms with Gasteiger partial charge in [-0.3, -0.25) is 0 Å². The predicted molar refractivity (Wildman–Crippen MR) is 103 cm³/mol. The van der Waals surface area contributed by atoms with E-state index in [4.69, 9.17) is 19.9 Å².